The van der Waals surface area contributed by atoms with Crippen molar-refractivity contribution in [2.24, 2.45) is 0 Å². The molecular formula is C13H22N2O4S. The van der Waals surface area contributed by atoms with Gasteiger partial charge in [0, 0.05) is 32.8 Å². The lowest BCUT2D eigenvalue weighted by Crippen LogP contribution is -2.53. The fourth-order valence-corrected chi connectivity index (χ4v) is 4.09. The van der Waals surface area contributed by atoms with Crippen LogP contribution in [0, 0.1) is 0 Å². The summed E-state index contributed by atoms with van der Waals surface area (Å²) >= 11 is 0. The van der Waals surface area contributed by atoms with Crippen molar-refractivity contribution in [2.75, 3.05) is 38.5 Å². The molecule has 7 heteroatoms. The number of nitrogens with zero attached hydrogens (tertiary/aromatic N) is 2. The Morgan fingerprint density at radius 1 is 1.30 bits per heavy atom. The second-order valence-corrected chi connectivity index (χ2v) is 7.41. The van der Waals surface area contributed by atoms with Crippen molar-refractivity contribution in [1.29, 1.82) is 0 Å². The van der Waals surface area contributed by atoms with Gasteiger partial charge in [0.05, 0.1) is 5.75 Å². The Bertz CT molecular complexity index is 475. The van der Waals surface area contributed by atoms with Crippen LogP contribution in [0.15, 0.2) is 12.2 Å². The molecule has 0 aromatic heterocycles. The maximum absolute atomic E-state index is 12.2. The Balaban J connectivity index is 1.89. The minimum Gasteiger partial charge on any atom is -0.368 e. The first-order chi connectivity index (χ1) is 9.40. The molecule has 0 bridgehead atoms. The standard InChI is InChI=1S/C13H22N2O4S/c1-11(2)10-20(17,18)15-7-5-14(6-8-15)13(16)12-4-3-9-19-12/h12H,1,3-10H2,2H3. The van der Waals surface area contributed by atoms with Crippen molar-refractivity contribution < 1.29 is 17.9 Å². The van der Waals surface area contributed by atoms with Gasteiger partial charge in [0.25, 0.3) is 5.91 Å². The van der Waals surface area contributed by atoms with E-state index in [0.29, 0.717) is 38.4 Å². The molecular weight excluding hydrogens is 280 g/mol. The topological polar surface area (TPSA) is 66.9 Å². The number of hydrogen-bond acceptors (Lipinski definition) is 4. The largest absolute Gasteiger partial charge is 0.368 e. The number of amides is 1. The van der Waals surface area contributed by atoms with Crippen molar-refractivity contribution in [3.63, 3.8) is 0 Å². The van der Waals surface area contributed by atoms with E-state index in [1.54, 1.807) is 11.8 Å². The van der Waals surface area contributed by atoms with Crippen molar-refractivity contribution >= 4 is 15.9 Å². The SMILES string of the molecule is C=C(C)CS(=O)(=O)N1CCN(C(=O)C2CCCO2)CC1. The Morgan fingerprint density at radius 2 is 1.95 bits per heavy atom. The number of rotatable bonds is 4. The van der Waals surface area contributed by atoms with Crippen molar-refractivity contribution in [3.8, 4) is 0 Å². The van der Waals surface area contributed by atoms with E-state index in [2.05, 4.69) is 6.58 Å². The summed E-state index contributed by atoms with van der Waals surface area (Å²) in [6, 6.07) is 0. The summed E-state index contributed by atoms with van der Waals surface area (Å²) in [7, 11) is -3.29. The zero-order valence-electron chi connectivity index (χ0n) is 11.9. The smallest absolute Gasteiger partial charge is 0.251 e. The molecule has 0 N–H and O–H groups in total. The second-order valence-electron chi connectivity index (χ2n) is 5.44. The van der Waals surface area contributed by atoms with Crippen LogP contribution >= 0.6 is 0 Å². The monoisotopic (exact) mass is 302 g/mol. The Hall–Kier alpha value is -0.920. The summed E-state index contributed by atoms with van der Waals surface area (Å²) in [5.74, 6) is -0.0217. The highest BCUT2D eigenvalue weighted by Gasteiger charge is 2.33. The van der Waals surface area contributed by atoms with Gasteiger partial charge in [-0.15, -0.1) is 0 Å². The number of sulfonamides is 1. The fourth-order valence-electron chi connectivity index (χ4n) is 2.57. The zero-order valence-corrected chi connectivity index (χ0v) is 12.7. The molecule has 6 nitrogen and oxygen atoms in total. The molecule has 2 heterocycles. The summed E-state index contributed by atoms with van der Waals surface area (Å²) < 4.78 is 31.0. The molecule has 0 aromatic rings. The van der Waals surface area contributed by atoms with Gasteiger partial charge in [0.15, 0.2) is 0 Å². The van der Waals surface area contributed by atoms with Gasteiger partial charge in [-0.3, -0.25) is 4.79 Å². The molecule has 0 aromatic carbocycles. The molecule has 0 aliphatic carbocycles. The molecule has 2 rings (SSSR count). The quantitative estimate of drug-likeness (QED) is 0.697. The lowest BCUT2D eigenvalue weighted by molar-refractivity contribution is -0.142. The second kappa shape index (κ2) is 6.24. The third-order valence-electron chi connectivity index (χ3n) is 3.58. The van der Waals surface area contributed by atoms with Crippen molar-refractivity contribution in [1.82, 2.24) is 9.21 Å². The summed E-state index contributed by atoms with van der Waals surface area (Å²) in [5.41, 5.74) is 0.628. The van der Waals surface area contributed by atoms with E-state index in [1.165, 1.54) is 4.31 Å². The normalized spacial score (nSPS) is 24.9. The van der Waals surface area contributed by atoms with E-state index in [4.69, 9.17) is 4.74 Å². The summed E-state index contributed by atoms with van der Waals surface area (Å²) in [6.07, 6.45) is 1.37. The number of piperazine rings is 1. The van der Waals surface area contributed by atoms with Crippen LogP contribution in [0.4, 0.5) is 0 Å². The van der Waals surface area contributed by atoms with Gasteiger partial charge < -0.3 is 9.64 Å². The highest BCUT2D eigenvalue weighted by atomic mass is 32.2. The van der Waals surface area contributed by atoms with Crippen LogP contribution in [-0.2, 0) is 19.6 Å². The highest BCUT2D eigenvalue weighted by Crippen LogP contribution is 2.17. The van der Waals surface area contributed by atoms with Gasteiger partial charge >= 0.3 is 0 Å². The van der Waals surface area contributed by atoms with Gasteiger partial charge in [0.2, 0.25) is 10.0 Å². The fraction of sp³-hybridized carbons (Fsp3) is 0.769. The van der Waals surface area contributed by atoms with Crippen LogP contribution in [0.25, 0.3) is 0 Å². The molecule has 0 spiro atoms. The van der Waals surface area contributed by atoms with E-state index in [9.17, 15) is 13.2 Å². The first-order valence-corrected chi connectivity index (χ1v) is 8.53. The predicted molar refractivity (Wildman–Crippen MR) is 75.7 cm³/mol. The summed E-state index contributed by atoms with van der Waals surface area (Å²) in [4.78, 5) is 13.9. The molecule has 114 valence electrons. The number of ether oxygens (including phenoxy) is 1. The summed E-state index contributed by atoms with van der Waals surface area (Å²) in [5, 5.41) is 0. The maximum atomic E-state index is 12.2. The van der Waals surface area contributed by atoms with Crippen LogP contribution in [0.2, 0.25) is 0 Å². The van der Waals surface area contributed by atoms with E-state index in [0.717, 1.165) is 12.8 Å². The van der Waals surface area contributed by atoms with E-state index in [-0.39, 0.29) is 17.8 Å². The zero-order chi connectivity index (χ0) is 14.8. The number of carbonyl (C=O) groups is 1. The molecule has 2 aliphatic heterocycles. The molecule has 2 aliphatic rings. The van der Waals surface area contributed by atoms with Gasteiger partial charge in [-0.05, 0) is 19.8 Å². The van der Waals surface area contributed by atoms with Gasteiger partial charge in [-0.2, -0.15) is 4.31 Å². The Kier molecular flexibility index (Phi) is 4.82. The minimum atomic E-state index is -3.29. The minimum absolute atomic E-state index is 0.000510. The molecule has 1 atom stereocenters. The number of hydrogen-bond donors (Lipinski definition) is 0. The first kappa shape index (κ1) is 15.5. The van der Waals surface area contributed by atoms with Crippen molar-refractivity contribution in [2.45, 2.75) is 25.9 Å². The van der Waals surface area contributed by atoms with Crippen LogP contribution < -0.4 is 0 Å². The van der Waals surface area contributed by atoms with E-state index in [1.807, 2.05) is 0 Å². The van der Waals surface area contributed by atoms with Crippen LogP contribution in [-0.4, -0.2) is 68.2 Å². The van der Waals surface area contributed by atoms with Crippen LogP contribution in [0.1, 0.15) is 19.8 Å². The Morgan fingerprint density at radius 3 is 2.45 bits per heavy atom. The summed E-state index contributed by atoms with van der Waals surface area (Å²) in [6.45, 7) is 7.58. The predicted octanol–water partition coefficient (Wildman–Crippen LogP) is 0.215. The average Bonchev–Trinajstić information content (AvgIpc) is 2.90. The van der Waals surface area contributed by atoms with E-state index >= 15 is 0 Å². The molecule has 2 fully saturated rings. The molecule has 20 heavy (non-hydrogen) atoms. The van der Waals surface area contributed by atoms with E-state index < -0.39 is 10.0 Å². The lowest BCUT2D eigenvalue weighted by Gasteiger charge is -2.35. The highest BCUT2D eigenvalue weighted by molar-refractivity contribution is 7.89. The van der Waals surface area contributed by atoms with Gasteiger partial charge in [0.1, 0.15) is 6.10 Å². The Labute approximate surface area is 120 Å². The first-order valence-electron chi connectivity index (χ1n) is 6.93. The molecule has 2 saturated heterocycles. The molecule has 0 radical (unpaired) electrons. The van der Waals surface area contributed by atoms with Crippen LogP contribution in [0.5, 0.6) is 0 Å². The maximum Gasteiger partial charge on any atom is 0.251 e. The third kappa shape index (κ3) is 3.59. The molecule has 0 saturated carbocycles. The van der Waals surface area contributed by atoms with Gasteiger partial charge in [-0.1, -0.05) is 12.2 Å². The van der Waals surface area contributed by atoms with Crippen LogP contribution in [0.3, 0.4) is 0 Å². The molecule has 1 amide bonds. The number of carbonyl (C=O) groups excluding carboxylic acids is 1. The average molecular weight is 302 g/mol. The lowest BCUT2D eigenvalue weighted by atomic mass is 10.2. The van der Waals surface area contributed by atoms with Gasteiger partial charge in [-0.25, -0.2) is 8.42 Å². The molecule has 1 unspecified atom stereocenters. The van der Waals surface area contributed by atoms with Crippen molar-refractivity contribution in [3.05, 3.63) is 12.2 Å². The third-order valence-corrected chi connectivity index (χ3v) is 5.59.